The van der Waals surface area contributed by atoms with Crippen molar-refractivity contribution in [3.63, 3.8) is 0 Å². The molecule has 1 fully saturated rings. The van der Waals surface area contributed by atoms with Crippen LogP contribution in [0.15, 0.2) is 10.3 Å². The molecule has 2 rings (SSSR count). The molecule has 0 bridgehead atoms. The molecule has 0 spiro atoms. The Labute approximate surface area is 132 Å². The first-order valence-corrected chi connectivity index (χ1v) is 9.82. The Balaban J connectivity index is 2.16. The van der Waals surface area contributed by atoms with Gasteiger partial charge in [0, 0.05) is 24.5 Å². The second-order valence-corrected chi connectivity index (χ2v) is 9.82. The highest BCUT2D eigenvalue weighted by molar-refractivity contribution is 7.91. The summed E-state index contributed by atoms with van der Waals surface area (Å²) in [4.78, 5) is 1.12. The van der Waals surface area contributed by atoms with Crippen LogP contribution >= 0.6 is 11.3 Å². The average molecular weight is 331 g/mol. The molecule has 1 saturated heterocycles. The molecule has 1 aliphatic heterocycles. The predicted molar refractivity (Wildman–Crippen MR) is 88.2 cm³/mol. The molecule has 0 unspecified atom stereocenters. The number of hydrogen-bond donors (Lipinski definition) is 1. The molecule has 21 heavy (non-hydrogen) atoms. The molecule has 0 aromatic carbocycles. The van der Waals surface area contributed by atoms with E-state index in [1.165, 1.54) is 11.3 Å². The monoisotopic (exact) mass is 330 g/mol. The number of aryl methyl sites for hydroxylation is 1. The lowest BCUT2D eigenvalue weighted by Crippen LogP contribution is -2.40. The standard InChI is InChI=1S/C15H26N2O2S2/c1-5-16-11-13-12(2)10-14(20-13)21(18,19)17-8-6-15(3,4)7-9-17/h10,16H,5-9,11H2,1-4H3. The summed E-state index contributed by atoms with van der Waals surface area (Å²) >= 11 is 1.41. The second kappa shape index (κ2) is 6.36. The van der Waals surface area contributed by atoms with Gasteiger partial charge in [0.1, 0.15) is 4.21 Å². The highest BCUT2D eigenvalue weighted by atomic mass is 32.2. The number of hydrogen-bond acceptors (Lipinski definition) is 4. The Morgan fingerprint density at radius 1 is 1.33 bits per heavy atom. The quantitative estimate of drug-likeness (QED) is 0.903. The number of thiophene rings is 1. The third-order valence-electron chi connectivity index (χ3n) is 4.20. The van der Waals surface area contributed by atoms with Gasteiger partial charge in [0.2, 0.25) is 0 Å². The molecule has 0 saturated carbocycles. The third-order valence-corrected chi connectivity index (χ3v) is 7.79. The molecule has 0 amide bonds. The summed E-state index contributed by atoms with van der Waals surface area (Å²) in [7, 11) is -3.31. The van der Waals surface area contributed by atoms with Gasteiger partial charge in [0.15, 0.2) is 0 Å². The minimum absolute atomic E-state index is 0.258. The summed E-state index contributed by atoms with van der Waals surface area (Å²) in [5, 5.41) is 3.26. The number of sulfonamides is 1. The summed E-state index contributed by atoms with van der Waals surface area (Å²) in [6.45, 7) is 11.4. The molecule has 6 heteroatoms. The van der Waals surface area contributed by atoms with Gasteiger partial charge < -0.3 is 5.32 Å². The molecule has 1 aromatic heterocycles. The van der Waals surface area contributed by atoms with Gasteiger partial charge in [0.25, 0.3) is 10.0 Å². The molecule has 0 radical (unpaired) electrons. The minimum Gasteiger partial charge on any atom is -0.312 e. The largest absolute Gasteiger partial charge is 0.312 e. The maximum Gasteiger partial charge on any atom is 0.252 e. The Hall–Kier alpha value is -0.430. The van der Waals surface area contributed by atoms with Crippen molar-refractivity contribution in [3.05, 3.63) is 16.5 Å². The fourth-order valence-corrected chi connectivity index (χ4v) is 5.64. The number of nitrogens with zero attached hydrogens (tertiary/aromatic N) is 1. The SMILES string of the molecule is CCNCc1sc(S(=O)(=O)N2CCC(C)(C)CC2)cc1C. The van der Waals surface area contributed by atoms with E-state index in [1.54, 1.807) is 4.31 Å². The summed E-state index contributed by atoms with van der Waals surface area (Å²) in [5.41, 5.74) is 1.32. The van der Waals surface area contributed by atoms with Crippen LogP contribution in [-0.2, 0) is 16.6 Å². The van der Waals surface area contributed by atoms with Gasteiger partial charge in [-0.3, -0.25) is 0 Å². The van der Waals surface area contributed by atoms with Gasteiger partial charge in [-0.05, 0) is 43.4 Å². The summed E-state index contributed by atoms with van der Waals surface area (Å²) < 4.78 is 27.7. The smallest absolute Gasteiger partial charge is 0.252 e. The van der Waals surface area contributed by atoms with E-state index in [0.29, 0.717) is 17.3 Å². The maximum absolute atomic E-state index is 12.8. The lowest BCUT2D eigenvalue weighted by molar-refractivity contribution is 0.196. The van der Waals surface area contributed by atoms with E-state index >= 15 is 0 Å². The second-order valence-electron chi connectivity index (χ2n) is 6.52. The molecule has 0 aliphatic carbocycles. The van der Waals surface area contributed by atoms with E-state index < -0.39 is 10.0 Å². The zero-order valence-corrected chi connectivity index (χ0v) is 15.0. The summed E-state index contributed by atoms with van der Waals surface area (Å²) in [6, 6.07) is 1.83. The van der Waals surface area contributed by atoms with E-state index in [0.717, 1.165) is 36.4 Å². The topological polar surface area (TPSA) is 49.4 Å². The van der Waals surface area contributed by atoms with Crippen molar-refractivity contribution in [1.82, 2.24) is 9.62 Å². The molecular formula is C15H26N2O2S2. The van der Waals surface area contributed by atoms with Crippen molar-refractivity contribution in [3.8, 4) is 0 Å². The lowest BCUT2D eigenvalue weighted by atomic mass is 9.83. The first-order valence-electron chi connectivity index (χ1n) is 7.56. The molecule has 0 atom stereocenters. The lowest BCUT2D eigenvalue weighted by Gasteiger charge is -2.35. The molecule has 4 nitrogen and oxygen atoms in total. The van der Waals surface area contributed by atoms with E-state index in [1.807, 2.05) is 13.0 Å². The maximum atomic E-state index is 12.8. The number of rotatable bonds is 5. The fourth-order valence-electron chi connectivity index (χ4n) is 2.49. The highest BCUT2D eigenvalue weighted by Crippen LogP contribution is 2.34. The average Bonchev–Trinajstić information content (AvgIpc) is 2.78. The minimum atomic E-state index is -3.31. The van der Waals surface area contributed by atoms with Crippen molar-refractivity contribution in [2.45, 2.75) is 51.3 Å². The van der Waals surface area contributed by atoms with E-state index in [9.17, 15) is 8.42 Å². The molecule has 1 aromatic rings. The van der Waals surface area contributed by atoms with Crippen LogP contribution in [0.1, 0.15) is 44.1 Å². The van der Waals surface area contributed by atoms with E-state index in [4.69, 9.17) is 0 Å². The van der Waals surface area contributed by atoms with E-state index in [2.05, 4.69) is 26.1 Å². The first kappa shape index (κ1) is 16.9. The molecule has 1 aliphatic rings. The zero-order chi connectivity index (χ0) is 15.7. The van der Waals surface area contributed by atoms with E-state index in [-0.39, 0.29) is 5.41 Å². The summed E-state index contributed by atoms with van der Waals surface area (Å²) in [6.07, 6.45) is 1.86. The molecule has 120 valence electrons. The molecule has 1 N–H and O–H groups in total. The number of piperidine rings is 1. The van der Waals surface area contributed by atoms with Crippen LogP contribution in [-0.4, -0.2) is 32.4 Å². The van der Waals surface area contributed by atoms with Crippen LogP contribution < -0.4 is 5.32 Å². The van der Waals surface area contributed by atoms with Crippen LogP contribution in [0.3, 0.4) is 0 Å². The Morgan fingerprint density at radius 2 is 1.95 bits per heavy atom. The Kier molecular flexibility index (Phi) is 5.13. The van der Waals surface area contributed by atoms with Crippen LogP contribution in [0, 0.1) is 12.3 Å². The Bertz CT molecular complexity index is 581. The van der Waals surface area contributed by atoms with Crippen LogP contribution in [0.25, 0.3) is 0 Å². The van der Waals surface area contributed by atoms with Crippen LogP contribution in [0.2, 0.25) is 0 Å². The van der Waals surface area contributed by atoms with Gasteiger partial charge in [-0.1, -0.05) is 20.8 Å². The normalized spacial score (nSPS) is 19.8. The van der Waals surface area contributed by atoms with Gasteiger partial charge in [-0.2, -0.15) is 4.31 Å². The number of nitrogens with one attached hydrogen (secondary N) is 1. The van der Waals surface area contributed by atoms with Gasteiger partial charge in [-0.15, -0.1) is 11.3 Å². The van der Waals surface area contributed by atoms with Crippen molar-refractivity contribution in [2.75, 3.05) is 19.6 Å². The molecule has 2 heterocycles. The predicted octanol–water partition coefficient (Wildman–Crippen LogP) is 2.98. The fraction of sp³-hybridized carbons (Fsp3) is 0.733. The third kappa shape index (κ3) is 3.86. The molecular weight excluding hydrogens is 304 g/mol. The highest BCUT2D eigenvalue weighted by Gasteiger charge is 2.33. The Morgan fingerprint density at radius 3 is 2.52 bits per heavy atom. The van der Waals surface area contributed by atoms with Crippen molar-refractivity contribution in [2.24, 2.45) is 5.41 Å². The van der Waals surface area contributed by atoms with Crippen LogP contribution in [0.5, 0.6) is 0 Å². The first-order chi connectivity index (χ1) is 9.76. The van der Waals surface area contributed by atoms with Gasteiger partial charge in [0.05, 0.1) is 0 Å². The zero-order valence-electron chi connectivity index (χ0n) is 13.4. The van der Waals surface area contributed by atoms with Crippen molar-refractivity contribution >= 4 is 21.4 Å². The van der Waals surface area contributed by atoms with Gasteiger partial charge >= 0.3 is 0 Å². The van der Waals surface area contributed by atoms with Gasteiger partial charge in [-0.25, -0.2) is 8.42 Å². The van der Waals surface area contributed by atoms with Crippen molar-refractivity contribution in [1.29, 1.82) is 0 Å². The summed E-state index contributed by atoms with van der Waals surface area (Å²) in [5.74, 6) is 0. The van der Waals surface area contributed by atoms with Crippen LogP contribution in [0.4, 0.5) is 0 Å². The van der Waals surface area contributed by atoms with Crippen molar-refractivity contribution < 1.29 is 8.42 Å².